The Morgan fingerprint density at radius 2 is 1.21 bits per heavy atom. The van der Waals surface area contributed by atoms with Crippen molar-refractivity contribution >= 4 is 0 Å². The molecule has 0 aromatic rings. The molecule has 0 aliphatic carbocycles. The molecule has 0 radical (unpaired) electrons. The number of hydroxylamine groups is 2. The second-order valence-corrected chi connectivity index (χ2v) is 6.81. The first-order chi connectivity index (χ1) is 11.7. The van der Waals surface area contributed by atoms with Crippen LogP contribution in [0.3, 0.4) is 0 Å². The van der Waals surface area contributed by atoms with Crippen molar-refractivity contribution in [3.63, 3.8) is 0 Å². The molecule has 0 amide bonds. The van der Waals surface area contributed by atoms with Crippen LogP contribution in [0.15, 0.2) is 12.2 Å². The molecule has 0 aromatic carbocycles. The van der Waals surface area contributed by atoms with Gasteiger partial charge in [0.15, 0.2) is 6.29 Å². The fraction of sp³-hybridized carbons (Fsp3) is 0.900. The van der Waals surface area contributed by atoms with Crippen LogP contribution in [0.4, 0.5) is 0 Å². The lowest BCUT2D eigenvalue weighted by Crippen LogP contribution is -2.28. The van der Waals surface area contributed by atoms with Crippen molar-refractivity contribution in [3.8, 4) is 0 Å². The Hall–Kier alpha value is -0.420. The Balaban J connectivity index is 3.15. The van der Waals surface area contributed by atoms with Crippen molar-refractivity contribution < 1.29 is 10.2 Å². The summed E-state index contributed by atoms with van der Waals surface area (Å²) in [6.45, 7) is 2.46. The van der Waals surface area contributed by atoms with Crippen LogP contribution in [-0.4, -0.2) is 34.7 Å². The van der Waals surface area contributed by atoms with Crippen LogP contribution < -0.4 is 0 Å². The van der Waals surface area contributed by atoms with Crippen LogP contribution in [0.2, 0.25) is 0 Å². The van der Waals surface area contributed by atoms with E-state index in [4.69, 9.17) is 10.2 Å². The van der Waals surface area contributed by atoms with Crippen molar-refractivity contribution in [3.05, 3.63) is 17.4 Å². The van der Waals surface area contributed by atoms with E-state index in [1.165, 1.54) is 70.6 Å². The molecule has 0 spiro atoms. The van der Waals surface area contributed by atoms with Gasteiger partial charge in [-0.3, -0.25) is 0 Å². The Kier molecular flexibility index (Phi) is 18.6. The van der Waals surface area contributed by atoms with E-state index in [0.717, 1.165) is 24.3 Å². The van der Waals surface area contributed by atoms with Crippen molar-refractivity contribution in [2.24, 2.45) is 0 Å². The first kappa shape index (κ1) is 23.6. The van der Waals surface area contributed by atoms with Crippen LogP contribution in [-0.2, 0) is 0 Å². The minimum Gasteiger partial charge on any atom is -0.785 e. The van der Waals surface area contributed by atoms with Gasteiger partial charge < -0.3 is 20.5 Å². The molecule has 0 bridgehead atoms. The summed E-state index contributed by atoms with van der Waals surface area (Å²) in [7, 11) is 0. The van der Waals surface area contributed by atoms with Crippen LogP contribution in [0.5, 0.6) is 0 Å². The van der Waals surface area contributed by atoms with E-state index < -0.39 is 6.29 Å². The number of unbranched alkanes of at least 4 members (excludes halogenated alkanes) is 12. The molecular weight excluding hydrogens is 302 g/mol. The van der Waals surface area contributed by atoms with Gasteiger partial charge in [0.1, 0.15) is 0 Å². The number of nitrogens with zero attached hydrogens (tertiary/aromatic N) is 1. The maximum absolute atomic E-state index is 11.2. The highest BCUT2D eigenvalue weighted by Crippen LogP contribution is 2.10. The SMILES string of the molecule is CCCCCCCC/C=C\CCCCCCCCN([O-])CC(O)O. The highest BCUT2D eigenvalue weighted by Gasteiger charge is 1.98. The van der Waals surface area contributed by atoms with Gasteiger partial charge in [0, 0.05) is 6.54 Å². The lowest BCUT2D eigenvalue weighted by atomic mass is 10.1. The molecule has 0 rings (SSSR count). The molecule has 0 aliphatic heterocycles. The highest BCUT2D eigenvalue weighted by atomic mass is 16.5. The molecule has 0 saturated heterocycles. The number of rotatable bonds is 18. The first-order valence-corrected chi connectivity index (χ1v) is 10.1. The van der Waals surface area contributed by atoms with Crippen LogP contribution >= 0.6 is 0 Å². The van der Waals surface area contributed by atoms with E-state index >= 15 is 0 Å². The largest absolute Gasteiger partial charge is 0.785 e. The molecule has 4 heteroatoms. The van der Waals surface area contributed by atoms with E-state index in [1.54, 1.807) is 0 Å². The van der Waals surface area contributed by atoms with Crippen LogP contribution in [0, 0.1) is 5.21 Å². The van der Waals surface area contributed by atoms with Gasteiger partial charge in [-0.15, -0.1) is 0 Å². The predicted molar refractivity (Wildman–Crippen MR) is 103 cm³/mol. The molecule has 0 heterocycles. The zero-order valence-corrected chi connectivity index (χ0v) is 15.8. The fourth-order valence-electron chi connectivity index (χ4n) is 2.81. The topological polar surface area (TPSA) is 66.8 Å². The molecule has 0 atom stereocenters. The van der Waals surface area contributed by atoms with Crippen molar-refractivity contribution in [2.75, 3.05) is 13.1 Å². The van der Waals surface area contributed by atoms with Gasteiger partial charge in [-0.1, -0.05) is 76.9 Å². The Morgan fingerprint density at radius 3 is 1.71 bits per heavy atom. The molecular formula is C20H40NO3-. The zero-order chi connectivity index (χ0) is 17.9. The van der Waals surface area contributed by atoms with Crippen molar-refractivity contribution in [1.82, 2.24) is 5.06 Å². The second kappa shape index (κ2) is 18.9. The third-order valence-corrected chi connectivity index (χ3v) is 4.29. The van der Waals surface area contributed by atoms with Gasteiger partial charge in [0.25, 0.3) is 0 Å². The number of hydrogen-bond acceptors (Lipinski definition) is 4. The van der Waals surface area contributed by atoms with Crippen molar-refractivity contribution in [1.29, 1.82) is 0 Å². The Bertz CT molecular complexity index is 270. The van der Waals surface area contributed by atoms with Gasteiger partial charge in [-0.25, -0.2) is 0 Å². The zero-order valence-electron chi connectivity index (χ0n) is 15.8. The van der Waals surface area contributed by atoms with Crippen LogP contribution in [0.1, 0.15) is 96.8 Å². The lowest BCUT2D eigenvalue weighted by molar-refractivity contribution is -0.0542. The molecule has 0 aliphatic rings. The molecule has 24 heavy (non-hydrogen) atoms. The third kappa shape index (κ3) is 19.6. The average molecular weight is 343 g/mol. The summed E-state index contributed by atoms with van der Waals surface area (Å²) in [4.78, 5) is 0. The minimum absolute atomic E-state index is 0.203. The van der Waals surface area contributed by atoms with E-state index in [2.05, 4.69) is 19.1 Å². The van der Waals surface area contributed by atoms with Crippen molar-refractivity contribution in [2.45, 2.75) is 103 Å². The number of aliphatic hydroxyl groups is 2. The van der Waals surface area contributed by atoms with Gasteiger partial charge in [-0.2, -0.15) is 0 Å². The van der Waals surface area contributed by atoms with E-state index in [0.29, 0.717) is 6.54 Å². The molecule has 144 valence electrons. The average Bonchev–Trinajstić information content (AvgIpc) is 2.53. The molecule has 0 aromatic heterocycles. The maximum atomic E-state index is 11.2. The lowest BCUT2D eigenvalue weighted by Gasteiger charge is -2.28. The predicted octanol–water partition coefficient (Wildman–Crippen LogP) is 5.13. The van der Waals surface area contributed by atoms with E-state index in [9.17, 15) is 5.21 Å². The maximum Gasteiger partial charge on any atom is 0.163 e. The molecule has 4 nitrogen and oxygen atoms in total. The summed E-state index contributed by atoms with van der Waals surface area (Å²) in [5, 5.41) is 29.3. The summed E-state index contributed by atoms with van der Waals surface area (Å²) >= 11 is 0. The molecule has 0 saturated carbocycles. The minimum atomic E-state index is -1.52. The van der Waals surface area contributed by atoms with Gasteiger partial charge in [-0.05, 0) is 38.6 Å². The Morgan fingerprint density at radius 1 is 0.750 bits per heavy atom. The van der Waals surface area contributed by atoms with Gasteiger partial charge in [0.2, 0.25) is 0 Å². The normalized spacial score (nSPS) is 12.1. The van der Waals surface area contributed by atoms with E-state index in [-0.39, 0.29) is 6.54 Å². The highest BCUT2D eigenvalue weighted by molar-refractivity contribution is 4.81. The smallest absolute Gasteiger partial charge is 0.163 e. The monoisotopic (exact) mass is 342 g/mol. The standard InChI is InChI=1S/C20H40NO3/c1-2-3-4-5-6-7-8-9-10-11-12-13-14-15-16-17-18-21(24)19-20(22)23/h9-10,20,22-23H,2-8,11-19H2,1H3/q-1/b10-9-. The van der Waals surface area contributed by atoms with Gasteiger partial charge in [0.05, 0.1) is 0 Å². The number of aliphatic hydroxyl groups excluding tert-OH is 1. The summed E-state index contributed by atoms with van der Waals surface area (Å²) in [5.74, 6) is 0. The van der Waals surface area contributed by atoms with E-state index in [1.807, 2.05) is 0 Å². The Labute approximate surface area is 149 Å². The molecule has 2 N–H and O–H groups in total. The molecule has 0 fully saturated rings. The molecule has 0 unspecified atom stereocenters. The summed E-state index contributed by atoms with van der Waals surface area (Å²) in [6.07, 6.45) is 20.6. The summed E-state index contributed by atoms with van der Waals surface area (Å²) < 4.78 is 0. The third-order valence-electron chi connectivity index (χ3n) is 4.29. The quantitative estimate of drug-likeness (QED) is 0.157. The van der Waals surface area contributed by atoms with Crippen LogP contribution in [0.25, 0.3) is 0 Å². The first-order valence-electron chi connectivity index (χ1n) is 10.1. The second-order valence-electron chi connectivity index (χ2n) is 6.81. The number of hydrogen-bond donors (Lipinski definition) is 2. The summed E-state index contributed by atoms with van der Waals surface area (Å²) in [6, 6.07) is 0. The fourth-order valence-corrected chi connectivity index (χ4v) is 2.81. The van der Waals surface area contributed by atoms with Gasteiger partial charge >= 0.3 is 0 Å². The number of allylic oxidation sites excluding steroid dienone is 2. The summed E-state index contributed by atoms with van der Waals surface area (Å²) in [5.41, 5.74) is 0.